The van der Waals surface area contributed by atoms with Crippen molar-refractivity contribution < 1.29 is 4.79 Å². The van der Waals surface area contributed by atoms with E-state index in [1.54, 1.807) is 0 Å². The van der Waals surface area contributed by atoms with Gasteiger partial charge in [0.05, 0.1) is 11.4 Å². The Labute approximate surface area is 266 Å². The van der Waals surface area contributed by atoms with Gasteiger partial charge in [-0.15, -0.1) is 0 Å². The number of nitrogens with one attached hydrogen (secondary N) is 1. The van der Waals surface area contributed by atoms with E-state index in [0.29, 0.717) is 6.04 Å². The Kier molecular flexibility index (Phi) is 9.52. The molecule has 0 bridgehead atoms. The van der Waals surface area contributed by atoms with Gasteiger partial charge in [0, 0.05) is 48.3 Å². The largest absolute Gasteiger partial charge is 0.356 e. The van der Waals surface area contributed by atoms with Crippen LogP contribution in [-0.2, 0) is 4.79 Å². The summed E-state index contributed by atoms with van der Waals surface area (Å²) in [4.78, 5) is 27.4. The summed E-state index contributed by atoms with van der Waals surface area (Å²) in [6.45, 7) is 13.2. The Morgan fingerprint density at radius 1 is 1.09 bits per heavy atom. The quantitative estimate of drug-likeness (QED) is 0.221. The van der Waals surface area contributed by atoms with E-state index < -0.39 is 0 Å². The molecule has 2 saturated heterocycles. The summed E-state index contributed by atoms with van der Waals surface area (Å²) < 4.78 is 1.81. The lowest BCUT2D eigenvalue weighted by Crippen LogP contribution is -2.42. The number of aryl methyl sites for hydroxylation is 1. The first-order valence-electron chi connectivity index (χ1n) is 16.3. The zero-order valence-corrected chi connectivity index (χ0v) is 26.9. The number of carbonyl (C=O) groups is 1. The number of carbonyl (C=O) groups excluding carboxylic acids is 1. The second kappa shape index (κ2) is 13.9. The van der Waals surface area contributed by atoms with E-state index in [4.69, 9.17) is 4.98 Å². The first-order valence-corrected chi connectivity index (χ1v) is 16.3. The molecule has 6 rings (SSSR count). The first kappa shape index (κ1) is 30.9. The Balaban J connectivity index is 1.11. The number of allylic oxidation sites excluding steroid dienone is 3. The number of amides is 1. The Hall–Kier alpha value is -4.14. The molecule has 8 nitrogen and oxygen atoms in total. The van der Waals surface area contributed by atoms with Crippen LogP contribution < -0.4 is 5.32 Å². The summed E-state index contributed by atoms with van der Waals surface area (Å²) in [6.07, 6.45) is 13.6. The van der Waals surface area contributed by atoms with Gasteiger partial charge in [-0.2, -0.15) is 9.61 Å². The number of likely N-dealkylation sites (tertiary alicyclic amines) is 2. The number of benzene rings is 1. The van der Waals surface area contributed by atoms with Gasteiger partial charge in [-0.3, -0.25) is 9.69 Å². The van der Waals surface area contributed by atoms with Gasteiger partial charge in [-0.25, -0.2) is 9.97 Å². The van der Waals surface area contributed by atoms with Gasteiger partial charge in [0.25, 0.3) is 0 Å². The number of aromatic nitrogens is 4. The van der Waals surface area contributed by atoms with Crippen LogP contribution in [0.5, 0.6) is 0 Å². The molecular formula is C37H45N7O. The van der Waals surface area contributed by atoms with E-state index in [-0.39, 0.29) is 11.8 Å². The van der Waals surface area contributed by atoms with Crippen molar-refractivity contribution >= 4 is 28.2 Å². The molecule has 2 aliphatic heterocycles. The maximum Gasteiger partial charge on any atom is 0.223 e. The lowest BCUT2D eigenvalue weighted by Gasteiger charge is -2.31. The fourth-order valence-corrected chi connectivity index (χ4v) is 6.72. The highest BCUT2D eigenvalue weighted by Crippen LogP contribution is 2.31. The highest BCUT2D eigenvalue weighted by molar-refractivity contribution is 5.90. The topological polar surface area (TPSA) is 78.7 Å². The lowest BCUT2D eigenvalue weighted by molar-refractivity contribution is -0.126. The van der Waals surface area contributed by atoms with Crippen LogP contribution in [0.2, 0.25) is 0 Å². The summed E-state index contributed by atoms with van der Waals surface area (Å²) in [7, 11) is 2.19. The van der Waals surface area contributed by atoms with Gasteiger partial charge < -0.3 is 10.2 Å². The maximum atomic E-state index is 12.8. The van der Waals surface area contributed by atoms with Gasteiger partial charge >= 0.3 is 0 Å². The van der Waals surface area contributed by atoms with Crippen LogP contribution >= 0.6 is 0 Å². The zero-order valence-electron chi connectivity index (χ0n) is 26.9. The molecule has 1 aromatic carbocycles. The molecule has 45 heavy (non-hydrogen) atoms. The number of nitrogens with zero attached hydrogens (tertiary/aromatic N) is 6. The first-order chi connectivity index (χ1) is 21.9. The Morgan fingerprint density at radius 3 is 2.62 bits per heavy atom. The van der Waals surface area contributed by atoms with E-state index in [2.05, 4.69) is 82.2 Å². The van der Waals surface area contributed by atoms with Crippen LogP contribution in [0.1, 0.15) is 50.4 Å². The molecule has 5 heterocycles. The molecule has 1 unspecified atom stereocenters. The van der Waals surface area contributed by atoms with Gasteiger partial charge in [0.1, 0.15) is 0 Å². The minimum atomic E-state index is 0.113. The monoisotopic (exact) mass is 603 g/mol. The van der Waals surface area contributed by atoms with Crippen molar-refractivity contribution in [3.63, 3.8) is 0 Å². The maximum absolute atomic E-state index is 12.8. The second-order valence-corrected chi connectivity index (χ2v) is 12.6. The molecule has 234 valence electrons. The predicted octanol–water partition coefficient (Wildman–Crippen LogP) is 6.08. The number of rotatable bonds is 10. The molecule has 1 atom stereocenters. The van der Waals surface area contributed by atoms with Gasteiger partial charge in [0.2, 0.25) is 5.91 Å². The van der Waals surface area contributed by atoms with Crippen LogP contribution in [0, 0.1) is 12.8 Å². The fourth-order valence-electron chi connectivity index (χ4n) is 6.72. The van der Waals surface area contributed by atoms with E-state index >= 15 is 0 Å². The number of piperidine rings is 1. The molecular weight excluding hydrogens is 558 g/mol. The standard InChI is InChI=1S/C37H45N7O/c1-5-28(25-43-20-16-30(17-21-43)37(45)38-18-15-32-12-9-19-42(32)4)14-13-26(2)35-33(29-10-7-6-8-11-29)23-31-24-39-34-22-27(3)41-44(34)36(31)40-35/h5-8,10-11,13-14,22-24,30,32H,2,9,12,15-21,25H2,1,3-4H3,(H,38,45)/b14-13-,28-5+. The van der Waals surface area contributed by atoms with Crippen molar-refractivity contribution in [1.82, 2.24) is 34.7 Å². The molecule has 8 heteroatoms. The molecule has 4 aromatic rings. The minimum absolute atomic E-state index is 0.113. The highest BCUT2D eigenvalue weighted by atomic mass is 16.1. The summed E-state index contributed by atoms with van der Waals surface area (Å²) in [5.41, 5.74) is 7.42. The molecule has 2 aliphatic rings. The molecule has 0 aliphatic carbocycles. The number of pyridine rings is 1. The van der Waals surface area contributed by atoms with Crippen molar-refractivity contribution in [1.29, 1.82) is 0 Å². The number of fused-ring (bicyclic) bond motifs is 3. The molecule has 0 radical (unpaired) electrons. The van der Waals surface area contributed by atoms with Gasteiger partial charge in [0.15, 0.2) is 11.3 Å². The highest BCUT2D eigenvalue weighted by Gasteiger charge is 2.26. The third-order valence-electron chi connectivity index (χ3n) is 9.45. The van der Waals surface area contributed by atoms with Crippen LogP contribution in [0.15, 0.2) is 79.0 Å². The molecule has 0 spiro atoms. The smallest absolute Gasteiger partial charge is 0.223 e. The van der Waals surface area contributed by atoms with Gasteiger partial charge in [-0.1, -0.05) is 55.1 Å². The van der Waals surface area contributed by atoms with Crippen LogP contribution in [0.25, 0.3) is 33.4 Å². The summed E-state index contributed by atoms with van der Waals surface area (Å²) in [6, 6.07) is 15.0. The van der Waals surface area contributed by atoms with Crippen molar-refractivity contribution in [3.8, 4) is 11.1 Å². The van der Waals surface area contributed by atoms with Crippen molar-refractivity contribution in [2.45, 2.75) is 52.0 Å². The summed E-state index contributed by atoms with van der Waals surface area (Å²) in [5, 5.41) is 8.80. The molecule has 1 N–H and O–H groups in total. The third kappa shape index (κ3) is 7.08. The third-order valence-corrected chi connectivity index (χ3v) is 9.45. The van der Waals surface area contributed by atoms with Crippen molar-refractivity contribution in [3.05, 3.63) is 90.4 Å². The average molecular weight is 604 g/mol. The molecule has 2 fully saturated rings. The van der Waals surface area contributed by atoms with E-state index in [1.807, 2.05) is 41.9 Å². The Bertz CT molecular complexity index is 1730. The van der Waals surface area contributed by atoms with Gasteiger partial charge in [-0.05, 0) is 95.4 Å². The predicted molar refractivity (Wildman–Crippen MR) is 183 cm³/mol. The molecule has 3 aromatic heterocycles. The van der Waals surface area contributed by atoms with E-state index in [1.165, 1.54) is 25.0 Å². The lowest BCUT2D eigenvalue weighted by atomic mass is 9.95. The van der Waals surface area contributed by atoms with E-state index in [0.717, 1.165) is 90.2 Å². The molecule has 1 amide bonds. The SMILES string of the molecule is C=C(/C=C\C(=C/C)CN1CCC(C(=O)NCCC2CCCN2C)CC1)c1nc2c(cnc3cc(C)nn32)cc1-c1ccccc1. The van der Waals surface area contributed by atoms with E-state index in [9.17, 15) is 4.79 Å². The normalized spacial score (nSPS) is 18.8. The zero-order chi connectivity index (χ0) is 31.3. The summed E-state index contributed by atoms with van der Waals surface area (Å²) in [5.74, 6) is 0.343. The Morgan fingerprint density at radius 2 is 1.89 bits per heavy atom. The van der Waals surface area contributed by atoms with Crippen LogP contribution in [0.4, 0.5) is 0 Å². The average Bonchev–Trinajstić information content (AvgIpc) is 3.66. The number of hydrogen-bond acceptors (Lipinski definition) is 6. The summed E-state index contributed by atoms with van der Waals surface area (Å²) >= 11 is 0. The number of hydrogen-bond donors (Lipinski definition) is 1. The van der Waals surface area contributed by atoms with Crippen molar-refractivity contribution in [2.24, 2.45) is 5.92 Å². The van der Waals surface area contributed by atoms with Crippen LogP contribution in [0.3, 0.4) is 0 Å². The fraction of sp³-hybridized carbons (Fsp3) is 0.405. The van der Waals surface area contributed by atoms with Crippen molar-refractivity contribution in [2.75, 3.05) is 39.8 Å². The second-order valence-electron chi connectivity index (χ2n) is 12.6. The molecule has 0 saturated carbocycles. The minimum Gasteiger partial charge on any atom is -0.356 e. The van der Waals surface area contributed by atoms with Crippen LogP contribution in [-0.4, -0.2) is 81.1 Å².